The van der Waals surface area contributed by atoms with Crippen LogP contribution < -0.4 is 0 Å². The second-order valence-electron chi connectivity index (χ2n) is 6.87. The van der Waals surface area contributed by atoms with Crippen molar-refractivity contribution in [1.29, 1.82) is 0 Å². The van der Waals surface area contributed by atoms with Crippen LogP contribution in [0.3, 0.4) is 0 Å². The minimum atomic E-state index is -0.509. The van der Waals surface area contributed by atoms with Crippen molar-refractivity contribution >= 4 is 12.4 Å². The van der Waals surface area contributed by atoms with Gasteiger partial charge in [-0.25, -0.2) is 8.78 Å². The molecular formula is C22H28ClF2NO. The molecule has 0 N–H and O–H groups in total. The highest BCUT2D eigenvalue weighted by atomic mass is 35.5. The first-order valence-corrected chi connectivity index (χ1v) is 8.76. The van der Waals surface area contributed by atoms with E-state index in [1.165, 1.54) is 18.2 Å². The molecule has 0 spiro atoms. The summed E-state index contributed by atoms with van der Waals surface area (Å²) in [5, 5.41) is 1.79. The van der Waals surface area contributed by atoms with Crippen LogP contribution in [-0.4, -0.2) is 25.3 Å². The van der Waals surface area contributed by atoms with E-state index in [4.69, 9.17) is 4.84 Å². The van der Waals surface area contributed by atoms with Gasteiger partial charge in [0.05, 0.1) is 7.11 Å². The zero-order chi connectivity index (χ0) is 19.3. The molecule has 0 bridgehead atoms. The Balaban J connectivity index is 0.00000364. The standard InChI is InChI=1S/C22H27F2NO.ClH/c1-15(2)13-25(26-5)14-18(22-16(3)8-6-9-17(22)4)12-19-20(23)10-7-11-21(19)24;/h6-11,18H,1,12-14H2,2-5H3;1H. The minimum Gasteiger partial charge on any atom is -0.302 e. The molecule has 148 valence electrons. The van der Waals surface area contributed by atoms with Gasteiger partial charge in [-0.2, -0.15) is 5.06 Å². The number of halogens is 3. The van der Waals surface area contributed by atoms with E-state index in [0.29, 0.717) is 13.1 Å². The van der Waals surface area contributed by atoms with E-state index in [1.54, 1.807) is 12.2 Å². The Hall–Kier alpha value is -1.75. The van der Waals surface area contributed by atoms with Gasteiger partial charge in [0.15, 0.2) is 0 Å². The van der Waals surface area contributed by atoms with Gasteiger partial charge in [0.25, 0.3) is 0 Å². The number of nitrogens with zero attached hydrogens (tertiary/aromatic N) is 1. The Labute approximate surface area is 167 Å². The molecule has 0 saturated carbocycles. The summed E-state index contributed by atoms with van der Waals surface area (Å²) in [6, 6.07) is 10.1. The molecule has 0 amide bonds. The molecule has 0 fully saturated rings. The zero-order valence-corrected chi connectivity index (χ0v) is 17.2. The van der Waals surface area contributed by atoms with E-state index in [0.717, 1.165) is 22.3 Å². The molecule has 0 saturated heterocycles. The summed E-state index contributed by atoms with van der Waals surface area (Å²) in [7, 11) is 1.61. The Kier molecular flexibility index (Phi) is 9.10. The quantitative estimate of drug-likeness (QED) is 0.415. The van der Waals surface area contributed by atoms with Crippen LogP contribution >= 0.6 is 12.4 Å². The smallest absolute Gasteiger partial charge is 0.129 e. The molecule has 0 radical (unpaired) electrons. The number of aryl methyl sites for hydroxylation is 2. The monoisotopic (exact) mass is 395 g/mol. The van der Waals surface area contributed by atoms with Crippen LogP contribution in [0.1, 0.15) is 35.1 Å². The number of hydroxylamine groups is 2. The molecule has 0 heterocycles. The molecular weight excluding hydrogens is 368 g/mol. The van der Waals surface area contributed by atoms with Gasteiger partial charge in [-0.15, -0.1) is 12.4 Å². The number of rotatable bonds is 8. The van der Waals surface area contributed by atoms with Crippen molar-refractivity contribution in [1.82, 2.24) is 5.06 Å². The summed E-state index contributed by atoms with van der Waals surface area (Å²) in [4.78, 5) is 5.48. The molecule has 1 atom stereocenters. The minimum absolute atomic E-state index is 0. The SMILES string of the molecule is C=C(C)CN(CC(Cc1c(F)cccc1F)c1c(C)cccc1C)OC.Cl. The van der Waals surface area contributed by atoms with Gasteiger partial charge in [-0.05, 0) is 56.0 Å². The van der Waals surface area contributed by atoms with Crippen LogP contribution in [0.2, 0.25) is 0 Å². The molecule has 0 aromatic heterocycles. The third-order valence-electron chi connectivity index (χ3n) is 4.59. The Morgan fingerprint density at radius 1 is 1.07 bits per heavy atom. The molecule has 27 heavy (non-hydrogen) atoms. The summed E-state index contributed by atoms with van der Waals surface area (Å²) in [5.74, 6) is -1.13. The maximum atomic E-state index is 14.3. The van der Waals surface area contributed by atoms with E-state index >= 15 is 0 Å². The van der Waals surface area contributed by atoms with E-state index in [2.05, 4.69) is 6.58 Å². The van der Waals surface area contributed by atoms with E-state index in [-0.39, 0.29) is 30.3 Å². The van der Waals surface area contributed by atoms with Crippen molar-refractivity contribution in [2.45, 2.75) is 33.1 Å². The first kappa shape index (κ1) is 23.3. The van der Waals surface area contributed by atoms with Crippen molar-refractivity contribution in [3.63, 3.8) is 0 Å². The first-order valence-electron chi connectivity index (χ1n) is 8.76. The molecule has 2 aromatic carbocycles. The Bertz CT molecular complexity index is 738. The lowest BCUT2D eigenvalue weighted by molar-refractivity contribution is -0.127. The topological polar surface area (TPSA) is 12.5 Å². The number of hydrogen-bond acceptors (Lipinski definition) is 2. The second kappa shape index (κ2) is 10.5. The lowest BCUT2D eigenvalue weighted by Crippen LogP contribution is -2.31. The van der Waals surface area contributed by atoms with Crippen molar-refractivity contribution in [2.24, 2.45) is 0 Å². The maximum Gasteiger partial charge on any atom is 0.129 e. The summed E-state index contributed by atoms with van der Waals surface area (Å²) < 4.78 is 28.5. The Morgan fingerprint density at radius 3 is 2.07 bits per heavy atom. The summed E-state index contributed by atoms with van der Waals surface area (Å²) in [6.45, 7) is 11.0. The predicted molar refractivity (Wildman–Crippen MR) is 109 cm³/mol. The number of benzene rings is 2. The summed E-state index contributed by atoms with van der Waals surface area (Å²) in [5.41, 5.74) is 4.41. The van der Waals surface area contributed by atoms with Crippen molar-refractivity contribution < 1.29 is 13.6 Å². The first-order chi connectivity index (χ1) is 12.3. The molecule has 1 unspecified atom stereocenters. The fourth-order valence-electron chi connectivity index (χ4n) is 3.45. The van der Waals surface area contributed by atoms with E-state index in [9.17, 15) is 8.78 Å². The highest BCUT2D eigenvalue weighted by Gasteiger charge is 2.23. The summed E-state index contributed by atoms with van der Waals surface area (Å²) >= 11 is 0. The van der Waals surface area contributed by atoms with Gasteiger partial charge in [-0.3, -0.25) is 0 Å². The van der Waals surface area contributed by atoms with Gasteiger partial charge in [0, 0.05) is 24.6 Å². The van der Waals surface area contributed by atoms with Gasteiger partial charge >= 0.3 is 0 Å². The van der Waals surface area contributed by atoms with Gasteiger partial charge in [-0.1, -0.05) is 36.4 Å². The Morgan fingerprint density at radius 2 is 1.59 bits per heavy atom. The van der Waals surface area contributed by atoms with Gasteiger partial charge in [0.2, 0.25) is 0 Å². The van der Waals surface area contributed by atoms with E-state index in [1.807, 2.05) is 39.0 Å². The van der Waals surface area contributed by atoms with Crippen LogP contribution in [0.5, 0.6) is 0 Å². The molecule has 0 aliphatic rings. The van der Waals surface area contributed by atoms with Gasteiger partial charge < -0.3 is 4.84 Å². The molecule has 0 aliphatic heterocycles. The van der Waals surface area contributed by atoms with Crippen LogP contribution in [-0.2, 0) is 11.3 Å². The fraction of sp³-hybridized carbons (Fsp3) is 0.364. The summed E-state index contributed by atoms with van der Waals surface area (Å²) in [6.07, 6.45) is 0.264. The normalized spacial score (nSPS) is 12.0. The zero-order valence-electron chi connectivity index (χ0n) is 16.4. The lowest BCUT2D eigenvalue weighted by Gasteiger charge is -2.28. The van der Waals surface area contributed by atoms with Crippen LogP contribution in [0, 0.1) is 25.5 Å². The van der Waals surface area contributed by atoms with Crippen molar-refractivity contribution in [2.75, 3.05) is 20.2 Å². The van der Waals surface area contributed by atoms with Crippen LogP contribution in [0.15, 0.2) is 48.6 Å². The molecule has 2 aromatic rings. The molecule has 5 heteroatoms. The van der Waals surface area contributed by atoms with Crippen molar-refractivity contribution in [3.05, 3.63) is 82.4 Å². The third kappa shape index (κ3) is 6.13. The van der Waals surface area contributed by atoms with Crippen LogP contribution in [0.4, 0.5) is 8.78 Å². The second-order valence-corrected chi connectivity index (χ2v) is 6.87. The maximum absolute atomic E-state index is 14.3. The number of hydrogen-bond donors (Lipinski definition) is 0. The molecule has 0 aliphatic carbocycles. The van der Waals surface area contributed by atoms with E-state index < -0.39 is 11.6 Å². The van der Waals surface area contributed by atoms with Gasteiger partial charge in [0.1, 0.15) is 11.6 Å². The highest BCUT2D eigenvalue weighted by Crippen LogP contribution is 2.30. The fourth-order valence-corrected chi connectivity index (χ4v) is 3.45. The largest absolute Gasteiger partial charge is 0.302 e. The molecule has 2 rings (SSSR count). The average molecular weight is 396 g/mol. The average Bonchev–Trinajstić information content (AvgIpc) is 2.56. The highest BCUT2D eigenvalue weighted by molar-refractivity contribution is 5.85. The van der Waals surface area contributed by atoms with Crippen molar-refractivity contribution in [3.8, 4) is 0 Å². The predicted octanol–water partition coefficient (Wildman–Crippen LogP) is 5.77. The van der Waals surface area contributed by atoms with Crippen LogP contribution in [0.25, 0.3) is 0 Å². The lowest BCUT2D eigenvalue weighted by atomic mass is 9.85. The third-order valence-corrected chi connectivity index (χ3v) is 4.59. The molecule has 2 nitrogen and oxygen atoms in total.